The van der Waals surface area contributed by atoms with Crippen LogP contribution in [0.3, 0.4) is 0 Å². The Morgan fingerprint density at radius 2 is 2.00 bits per heavy atom. The molecule has 0 unspecified atom stereocenters. The monoisotopic (exact) mass is 345 g/mol. The quantitative estimate of drug-likeness (QED) is 0.671. The van der Waals surface area contributed by atoms with Crippen molar-refractivity contribution in [3.63, 3.8) is 0 Å². The SMILES string of the molecule is O=C(c1ccc([N+](=O)[O-])cc1O)N1CC[C@@H]2[C@H](CCCN2C2CC2)C1. The van der Waals surface area contributed by atoms with E-state index < -0.39 is 4.92 Å². The Morgan fingerprint density at radius 3 is 2.68 bits per heavy atom. The van der Waals surface area contributed by atoms with Crippen molar-refractivity contribution in [1.29, 1.82) is 0 Å². The summed E-state index contributed by atoms with van der Waals surface area (Å²) in [6, 6.07) is 5.02. The lowest BCUT2D eigenvalue weighted by Crippen LogP contribution is -2.55. The van der Waals surface area contributed by atoms with Gasteiger partial charge in [-0.25, -0.2) is 0 Å². The number of hydrogen-bond donors (Lipinski definition) is 1. The third kappa shape index (κ3) is 3.08. The van der Waals surface area contributed by atoms with Gasteiger partial charge in [-0.3, -0.25) is 19.8 Å². The van der Waals surface area contributed by atoms with Gasteiger partial charge in [-0.15, -0.1) is 0 Å². The topological polar surface area (TPSA) is 86.9 Å². The fourth-order valence-corrected chi connectivity index (χ4v) is 4.47. The minimum Gasteiger partial charge on any atom is -0.507 e. The van der Waals surface area contributed by atoms with E-state index in [1.165, 1.54) is 37.9 Å². The number of benzene rings is 1. The molecule has 1 N–H and O–H groups in total. The highest BCUT2D eigenvalue weighted by atomic mass is 16.6. The highest BCUT2D eigenvalue weighted by molar-refractivity contribution is 5.97. The molecule has 7 nitrogen and oxygen atoms in total. The number of rotatable bonds is 3. The van der Waals surface area contributed by atoms with Crippen molar-refractivity contribution in [3.8, 4) is 5.75 Å². The van der Waals surface area contributed by atoms with Gasteiger partial charge in [-0.05, 0) is 50.6 Å². The largest absolute Gasteiger partial charge is 0.507 e. The number of non-ortho nitro benzene ring substituents is 1. The number of piperidine rings is 2. The van der Waals surface area contributed by atoms with Crippen molar-refractivity contribution in [1.82, 2.24) is 9.80 Å². The molecular weight excluding hydrogens is 322 g/mol. The minimum atomic E-state index is -0.575. The Morgan fingerprint density at radius 1 is 1.20 bits per heavy atom. The van der Waals surface area contributed by atoms with E-state index >= 15 is 0 Å². The smallest absolute Gasteiger partial charge is 0.273 e. The third-order valence-corrected chi connectivity index (χ3v) is 5.84. The molecule has 1 saturated carbocycles. The highest BCUT2D eigenvalue weighted by Crippen LogP contribution is 2.38. The van der Waals surface area contributed by atoms with Crippen LogP contribution >= 0.6 is 0 Å². The Bertz CT molecular complexity index is 704. The summed E-state index contributed by atoms with van der Waals surface area (Å²) in [7, 11) is 0. The van der Waals surface area contributed by atoms with Crippen LogP contribution in [-0.4, -0.2) is 57.5 Å². The van der Waals surface area contributed by atoms with Crippen LogP contribution in [0.25, 0.3) is 0 Å². The predicted octanol–water partition coefficient (Wildman–Crippen LogP) is 2.39. The number of carbonyl (C=O) groups is 1. The number of phenols is 1. The van der Waals surface area contributed by atoms with Gasteiger partial charge < -0.3 is 10.0 Å². The summed E-state index contributed by atoms with van der Waals surface area (Å²) < 4.78 is 0. The molecule has 3 aliphatic rings. The molecule has 2 saturated heterocycles. The number of amides is 1. The van der Waals surface area contributed by atoms with Crippen molar-refractivity contribution in [2.24, 2.45) is 5.92 Å². The normalized spacial score (nSPS) is 27.0. The van der Waals surface area contributed by atoms with Crippen molar-refractivity contribution < 1.29 is 14.8 Å². The van der Waals surface area contributed by atoms with Crippen molar-refractivity contribution in [3.05, 3.63) is 33.9 Å². The molecule has 2 heterocycles. The van der Waals surface area contributed by atoms with Crippen LogP contribution in [0.15, 0.2) is 18.2 Å². The van der Waals surface area contributed by atoms with E-state index in [1.807, 2.05) is 0 Å². The van der Waals surface area contributed by atoms with E-state index in [0.717, 1.165) is 24.9 Å². The minimum absolute atomic E-state index is 0.152. The molecule has 0 radical (unpaired) electrons. The fourth-order valence-electron chi connectivity index (χ4n) is 4.47. The lowest BCUT2D eigenvalue weighted by Gasteiger charge is -2.47. The van der Waals surface area contributed by atoms with Crippen molar-refractivity contribution >= 4 is 11.6 Å². The zero-order valence-corrected chi connectivity index (χ0v) is 14.1. The Balaban J connectivity index is 1.48. The van der Waals surface area contributed by atoms with Gasteiger partial charge in [0.15, 0.2) is 0 Å². The van der Waals surface area contributed by atoms with E-state index in [1.54, 1.807) is 4.90 Å². The maximum absolute atomic E-state index is 12.8. The van der Waals surface area contributed by atoms with Gasteiger partial charge >= 0.3 is 0 Å². The standard InChI is InChI=1S/C18H23N3O4/c22-17-10-14(21(24)25)5-6-15(17)18(23)19-9-7-16-12(11-19)2-1-8-20(16)13-3-4-13/h5-6,10,12-13,16,22H,1-4,7-9,11H2/t12-,16-/m1/s1. The van der Waals surface area contributed by atoms with Gasteiger partial charge in [0, 0.05) is 31.2 Å². The van der Waals surface area contributed by atoms with Crippen LogP contribution < -0.4 is 0 Å². The summed E-state index contributed by atoms with van der Waals surface area (Å²) in [5.74, 6) is -0.0498. The van der Waals surface area contributed by atoms with E-state index in [9.17, 15) is 20.0 Å². The molecule has 3 fully saturated rings. The Labute approximate surface area is 146 Å². The van der Waals surface area contributed by atoms with Gasteiger partial charge in [0.1, 0.15) is 5.75 Å². The molecule has 1 aromatic rings. The molecule has 2 atom stereocenters. The van der Waals surface area contributed by atoms with Gasteiger partial charge in [0.2, 0.25) is 0 Å². The lowest BCUT2D eigenvalue weighted by molar-refractivity contribution is -0.384. The van der Waals surface area contributed by atoms with E-state index in [4.69, 9.17) is 0 Å². The molecule has 4 rings (SSSR count). The summed E-state index contributed by atoms with van der Waals surface area (Å²) in [5.41, 5.74) is -0.0565. The summed E-state index contributed by atoms with van der Waals surface area (Å²) in [4.78, 5) is 27.4. The number of aromatic hydroxyl groups is 1. The third-order valence-electron chi connectivity index (χ3n) is 5.84. The number of fused-ring (bicyclic) bond motifs is 1. The van der Waals surface area contributed by atoms with E-state index in [2.05, 4.69) is 4.90 Å². The summed E-state index contributed by atoms with van der Waals surface area (Å²) in [6.45, 7) is 2.58. The fraction of sp³-hybridized carbons (Fsp3) is 0.611. The van der Waals surface area contributed by atoms with Crippen LogP contribution in [0.2, 0.25) is 0 Å². The summed E-state index contributed by atoms with van der Waals surface area (Å²) >= 11 is 0. The number of hydrogen-bond acceptors (Lipinski definition) is 5. The zero-order chi connectivity index (χ0) is 17.6. The second-order valence-electron chi connectivity index (χ2n) is 7.44. The molecule has 1 aliphatic carbocycles. The van der Waals surface area contributed by atoms with Gasteiger partial charge in [-0.2, -0.15) is 0 Å². The van der Waals surface area contributed by atoms with Crippen molar-refractivity contribution in [2.75, 3.05) is 19.6 Å². The average molecular weight is 345 g/mol. The molecule has 2 aliphatic heterocycles. The first kappa shape index (κ1) is 16.3. The van der Waals surface area contributed by atoms with Crippen LogP contribution in [0.1, 0.15) is 42.5 Å². The number of likely N-dealkylation sites (tertiary alicyclic amines) is 2. The molecular formula is C18H23N3O4. The lowest BCUT2D eigenvalue weighted by atomic mass is 9.83. The first-order chi connectivity index (χ1) is 12.0. The van der Waals surface area contributed by atoms with Crippen LogP contribution in [-0.2, 0) is 0 Å². The number of nitrogens with zero attached hydrogens (tertiary/aromatic N) is 3. The highest BCUT2D eigenvalue weighted by Gasteiger charge is 2.42. The predicted molar refractivity (Wildman–Crippen MR) is 91.5 cm³/mol. The Kier molecular flexibility index (Phi) is 4.11. The first-order valence-electron chi connectivity index (χ1n) is 9.07. The zero-order valence-electron chi connectivity index (χ0n) is 14.1. The molecule has 1 amide bonds. The summed E-state index contributed by atoms with van der Waals surface area (Å²) in [5, 5.41) is 20.8. The number of phenolic OH excluding ortho intramolecular Hbond substituents is 1. The molecule has 134 valence electrons. The Hall–Kier alpha value is -2.15. The van der Waals surface area contributed by atoms with Gasteiger partial charge in [0.25, 0.3) is 11.6 Å². The maximum Gasteiger partial charge on any atom is 0.273 e. The van der Waals surface area contributed by atoms with Crippen LogP contribution in [0, 0.1) is 16.0 Å². The molecule has 0 spiro atoms. The second kappa shape index (κ2) is 6.29. The van der Waals surface area contributed by atoms with Crippen molar-refractivity contribution in [2.45, 2.75) is 44.2 Å². The number of carbonyl (C=O) groups excluding carboxylic acids is 1. The first-order valence-corrected chi connectivity index (χ1v) is 9.07. The van der Waals surface area contributed by atoms with E-state index in [0.29, 0.717) is 25.0 Å². The molecule has 25 heavy (non-hydrogen) atoms. The van der Waals surface area contributed by atoms with E-state index in [-0.39, 0.29) is 22.9 Å². The molecule has 0 bridgehead atoms. The second-order valence-corrected chi connectivity index (χ2v) is 7.44. The maximum atomic E-state index is 12.8. The van der Waals surface area contributed by atoms with Crippen LogP contribution in [0.5, 0.6) is 5.75 Å². The number of nitro benzene ring substituents is 1. The number of nitro groups is 1. The van der Waals surface area contributed by atoms with Gasteiger partial charge in [0.05, 0.1) is 16.6 Å². The molecule has 7 heteroatoms. The van der Waals surface area contributed by atoms with Crippen LogP contribution in [0.4, 0.5) is 5.69 Å². The molecule has 0 aromatic heterocycles. The van der Waals surface area contributed by atoms with Gasteiger partial charge in [-0.1, -0.05) is 0 Å². The average Bonchev–Trinajstić information content (AvgIpc) is 3.45. The molecule has 1 aromatic carbocycles. The summed E-state index contributed by atoms with van der Waals surface area (Å²) in [6.07, 6.45) is 5.91.